The maximum absolute atomic E-state index is 11.6. The third-order valence-corrected chi connectivity index (χ3v) is 3.34. The van der Waals surface area contributed by atoms with Gasteiger partial charge < -0.3 is 15.8 Å². The third kappa shape index (κ3) is 12.2. The number of unbranched alkanes of at least 4 members (excludes halogenated alkanes) is 1. The Morgan fingerprint density at radius 1 is 1.25 bits per heavy atom. The van der Waals surface area contributed by atoms with Gasteiger partial charge in [-0.15, -0.1) is 24.0 Å². The Bertz CT molecular complexity index is 478. The number of carbonyl (C=O) groups is 1. The number of esters is 1. The molecule has 0 atom stereocenters. The predicted molar refractivity (Wildman–Crippen MR) is 109 cm³/mol. The van der Waals surface area contributed by atoms with Gasteiger partial charge in [0.25, 0.3) is 0 Å². The molecule has 0 fully saturated rings. The van der Waals surface area contributed by atoms with Crippen molar-refractivity contribution in [2.24, 2.45) is 16.6 Å². The standard InChI is InChI=1S/C18H29N3O2.HI/c1-15(2)11-13-21-18(19)20-12-7-6-10-17(22)23-14-16-8-4-3-5-9-16;/h3-5,8-9,15H,6-7,10-14H2,1-2H3,(H3,19,20,21);1H. The first kappa shape index (κ1) is 22.7. The van der Waals surface area contributed by atoms with E-state index in [0.29, 0.717) is 31.4 Å². The second-order valence-electron chi connectivity index (χ2n) is 5.98. The second kappa shape index (κ2) is 14.1. The second-order valence-corrected chi connectivity index (χ2v) is 5.98. The fraction of sp³-hybridized carbons (Fsp3) is 0.556. The first-order valence-electron chi connectivity index (χ1n) is 8.31. The molecule has 5 nitrogen and oxygen atoms in total. The van der Waals surface area contributed by atoms with E-state index in [1.54, 1.807) is 0 Å². The van der Waals surface area contributed by atoms with Crippen LogP contribution in [0.1, 0.15) is 45.1 Å². The van der Waals surface area contributed by atoms with Crippen LogP contribution in [0.2, 0.25) is 0 Å². The minimum absolute atomic E-state index is 0. The van der Waals surface area contributed by atoms with Crippen LogP contribution < -0.4 is 11.1 Å². The zero-order valence-electron chi connectivity index (χ0n) is 14.7. The maximum atomic E-state index is 11.6. The van der Waals surface area contributed by atoms with Crippen molar-refractivity contribution in [1.82, 2.24) is 5.32 Å². The quantitative estimate of drug-likeness (QED) is 0.189. The van der Waals surface area contributed by atoms with Gasteiger partial charge in [0.2, 0.25) is 0 Å². The number of nitrogens with two attached hydrogens (primary N) is 1. The van der Waals surface area contributed by atoms with E-state index < -0.39 is 0 Å². The van der Waals surface area contributed by atoms with Gasteiger partial charge in [0.05, 0.1) is 0 Å². The molecule has 6 heteroatoms. The van der Waals surface area contributed by atoms with E-state index in [9.17, 15) is 4.79 Å². The molecule has 1 aromatic rings. The van der Waals surface area contributed by atoms with Crippen LogP contribution in [0.5, 0.6) is 0 Å². The number of halogens is 1. The van der Waals surface area contributed by atoms with Crippen molar-refractivity contribution < 1.29 is 9.53 Å². The van der Waals surface area contributed by atoms with E-state index in [1.807, 2.05) is 30.3 Å². The first-order chi connectivity index (χ1) is 11.1. The molecule has 1 rings (SSSR count). The molecule has 24 heavy (non-hydrogen) atoms. The Morgan fingerprint density at radius 2 is 1.96 bits per heavy atom. The lowest BCUT2D eigenvalue weighted by Crippen LogP contribution is -2.33. The number of hydrogen-bond acceptors (Lipinski definition) is 3. The SMILES string of the molecule is CC(C)CCNC(N)=NCCCCC(=O)OCc1ccccc1.I. The molecule has 1 aromatic carbocycles. The molecule has 0 amide bonds. The van der Waals surface area contributed by atoms with E-state index in [4.69, 9.17) is 10.5 Å². The van der Waals surface area contributed by atoms with Gasteiger partial charge in [-0.1, -0.05) is 44.2 Å². The zero-order valence-corrected chi connectivity index (χ0v) is 17.0. The van der Waals surface area contributed by atoms with Gasteiger partial charge in [-0.2, -0.15) is 0 Å². The first-order valence-corrected chi connectivity index (χ1v) is 8.31. The van der Waals surface area contributed by atoms with Gasteiger partial charge in [-0.25, -0.2) is 0 Å². The topological polar surface area (TPSA) is 76.7 Å². The minimum Gasteiger partial charge on any atom is -0.461 e. The lowest BCUT2D eigenvalue weighted by molar-refractivity contribution is -0.145. The summed E-state index contributed by atoms with van der Waals surface area (Å²) in [6.45, 7) is 6.16. The van der Waals surface area contributed by atoms with E-state index in [-0.39, 0.29) is 29.9 Å². The van der Waals surface area contributed by atoms with Gasteiger partial charge in [-0.3, -0.25) is 9.79 Å². The van der Waals surface area contributed by atoms with Crippen LogP contribution in [0.15, 0.2) is 35.3 Å². The lowest BCUT2D eigenvalue weighted by Gasteiger charge is -2.07. The summed E-state index contributed by atoms with van der Waals surface area (Å²) in [4.78, 5) is 15.9. The highest BCUT2D eigenvalue weighted by molar-refractivity contribution is 14.0. The molecule has 0 spiro atoms. The van der Waals surface area contributed by atoms with Crippen LogP contribution >= 0.6 is 24.0 Å². The molecule has 3 N–H and O–H groups in total. The molecule has 136 valence electrons. The molecule has 0 heterocycles. The van der Waals surface area contributed by atoms with Crippen LogP contribution in [0.3, 0.4) is 0 Å². The summed E-state index contributed by atoms with van der Waals surface area (Å²) in [7, 11) is 0. The molecule has 0 saturated carbocycles. The molecular weight excluding hydrogens is 417 g/mol. The Hall–Kier alpha value is -1.31. The monoisotopic (exact) mass is 447 g/mol. The lowest BCUT2D eigenvalue weighted by atomic mass is 10.1. The Kier molecular flexibility index (Phi) is 13.3. The largest absolute Gasteiger partial charge is 0.461 e. The number of rotatable bonds is 10. The highest BCUT2D eigenvalue weighted by atomic mass is 127. The summed E-state index contributed by atoms with van der Waals surface area (Å²) in [5.74, 6) is 0.968. The molecule has 0 bridgehead atoms. The maximum Gasteiger partial charge on any atom is 0.306 e. The number of hydrogen-bond donors (Lipinski definition) is 2. The predicted octanol–water partition coefficient (Wildman–Crippen LogP) is 3.47. The summed E-state index contributed by atoms with van der Waals surface area (Å²) >= 11 is 0. The summed E-state index contributed by atoms with van der Waals surface area (Å²) in [5, 5.41) is 3.09. The summed E-state index contributed by atoms with van der Waals surface area (Å²) < 4.78 is 5.22. The van der Waals surface area contributed by atoms with Crippen molar-refractivity contribution >= 4 is 35.9 Å². The Balaban J connectivity index is 0.00000529. The van der Waals surface area contributed by atoms with Gasteiger partial charge in [-0.05, 0) is 30.7 Å². The molecule has 0 aliphatic heterocycles. The van der Waals surface area contributed by atoms with Crippen LogP contribution in [0.4, 0.5) is 0 Å². The number of ether oxygens (including phenoxy) is 1. The van der Waals surface area contributed by atoms with Crippen LogP contribution in [0.25, 0.3) is 0 Å². The van der Waals surface area contributed by atoms with Gasteiger partial charge in [0, 0.05) is 19.5 Å². The summed E-state index contributed by atoms with van der Waals surface area (Å²) in [5.41, 5.74) is 6.77. The number of guanidine groups is 1. The van der Waals surface area contributed by atoms with Crippen molar-refractivity contribution in [3.8, 4) is 0 Å². The molecular formula is C18H30IN3O2. The normalized spacial score (nSPS) is 11.0. The van der Waals surface area contributed by atoms with E-state index in [1.165, 1.54) is 0 Å². The molecule has 0 radical (unpaired) electrons. The Morgan fingerprint density at radius 3 is 2.62 bits per heavy atom. The smallest absolute Gasteiger partial charge is 0.306 e. The fourth-order valence-corrected chi connectivity index (χ4v) is 1.94. The van der Waals surface area contributed by atoms with Crippen LogP contribution in [0, 0.1) is 5.92 Å². The number of nitrogens with one attached hydrogen (secondary N) is 1. The zero-order chi connectivity index (χ0) is 16.9. The molecule has 0 aromatic heterocycles. The summed E-state index contributed by atoms with van der Waals surface area (Å²) in [6.07, 6.45) is 3.08. The van der Waals surface area contributed by atoms with E-state index >= 15 is 0 Å². The van der Waals surface area contributed by atoms with Crippen molar-refractivity contribution in [2.75, 3.05) is 13.1 Å². The van der Waals surface area contributed by atoms with E-state index in [2.05, 4.69) is 24.2 Å². The van der Waals surface area contributed by atoms with Crippen molar-refractivity contribution in [3.05, 3.63) is 35.9 Å². The van der Waals surface area contributed by atoms with E-state index in [0.717, 1.165) is 31.4 Å². The van der Waals surface area contributed by atoms with Gasteiger partial charge in [0.1, 0.15) is 6.61 Å². The third-order valence-electron chi connectivity index (χ3n) is 3.34. The Labute approximate surface area is 162 Å². The number of benzene rings is 1. The van der Waals surface area contributed by atoms with Crippen LogP contribution in [-0.2, 0) is 16.1 Å². The van der Waals surface area contributed by atoms with Crippen molar-refractivity contribution in [1.29, 1.82) is 0 Å². The highest BCUT2D eigenvalue weighted by Crippen LogP contribution is 2.04. The number of carbonyl (C=O) groups excluding carboxylic acids is 1. The number of aliphatic imine (C=N–C) groups is 1. The van der Waals surface area contributed by atoms with Crippen molar-refractivity contribution in [3.63, 3.8) is 0 Å². The highest BCUT2D eigenvalue weighted by Gasteiger charge is 2.03. The molecule has 0 aliphatic rings. The average molecular weight is 447 g/mol. The molecule has 0 saturated heterocycles. The minimum atomic E-state index is -0.166. The molecule has 0 unspecified atom stereocenters. The number of nitrogens with zero attached hydrogens (tertiary/aromatic N) is 1. The van der Waals surface area contributed by atoms with Crippen LogP contribution in [-0.4, -0.2) is 25.0 Å². The fourth-order valence-electron chi connectivity index (χ4n) is 1.94. The van der Waals surface area contributed by atoms with Gasteiger partial charge in [0.15, 0.2) is 5.96 Å². The summed E-state index contributed by atoms with van der Waals surface area (Å²) in [6, 6.07) is 9.69. The van der Waals surface area contributed by atoms with Crippen molar-refractivity contribution in [2.45, 2.75) is 46.1 Å². The van der Waals surface area contributed by atoms with Gasteiger partial charge >= 0.3 is 5.97 Å². The average Bonchev–Trinajstić information content (AvgIpc) is 2.53. The molecule has 0 aliphatic carbocycles.